The van der Waals surface area contributed by atoms with Gasteiger partial charge in [-0.15, -0.1) is 4.58 Å². The molecule has 2 amide bonds. The summed E-state index contributed by atoms with van der Waals surface area (Å²) < 4.78 is 27.4. The lowest BCUT2D eigenvalue weighted by molar-refractivity contribution is -0.486. The molecule has 42 heavy (non-hydrogen) atoms. The Bertz CT molecular complexity index is 998. The molecule has 0 radical (unpaired) electrons. The molecule has 2 rings (SSSR count). The van der Waals surface area contributed by atoms with Crippen LogP contribution in [0.2, 0.25) is 36.3 Å². The van der Waals surface area contributed by atoms with Crippen molar-refractivity contribution >= 4 is 35.0 Å². The lowest BCUT2D eigenvalue weighted by atomic mass is 10.0. The van der Waals surface area contributed by atoms with Crippen LogP contribution < -0.4 is 0 Å². The predicted octanol–water partition coefficient (Wildman–Crippen LogP) is 8.35. The van der Waals surface area contributed by atoms with Gasteiger partial charge in [-0.1, -0.05) is 41.5 Å². The Balaban J connectivity index is 2.54. The van der Waals surface area contributed by atoms with Gasteiger partial charge in [-0.3, -0.25) is 4.90 Å². The minimum absolute atomic E-state index is 0.00902. The van der Waals surface area contributed by atoms with Crippen LogP contribution in [0.3, 0.4) is 0 Å². The molecule has 2 aliphatic heterocycles. The summed E-state index contributed by atoms with van der Waals surface area (Å²) in [4.78, 5) is 29.2. The van der Waals surface area contributed by atoms with Gasteiger partial charge in [-0.05, 0) is 90.6 Å². The number of amides is 2. The van der Waals surface area contributed by atoms with Gasteiger partial charge in [0.1, 0.15) is 11.2 Å². The fourth-order valence-corrected chi connectivity index (χ4v) is 7.39. The number of ether oxygens (including phenoxy) is 2. The van der Waals surface area contributed by atoms with Gasteiger partial charge in [0.2, 0.25) is 0 Å². The molecule has 0 unspecified atom stereocenters. The molecule has 0 aromatic carbocycles. The third kappa shape index (κ3) is 9.38. The maximum absolute atomic E-state index is 14.1. The highest BCUT2D eigenvalue weighted by atomic mass is 28.4. The van der Waals surface area contributed by atoms with Crippen LogP contribution in [0.25, 0.3) is 0 Å². The Hall–Kier alpha value is -1.24. The monoisotopic (exact) mass is 627 g/mol. The van der Waals surface area contributed by atoms with Crippen LogP contribution in [0.4, 0.5) is 9.59 Å². The van der Waals surface area contributed by atoms with Gasteiger partial charge in [-0.2, -0.15) is 4.79 Å². The molecule has 2 aliphatic rings. The number of likely N-dealkylation sites (tertiary alicyclic amines) is 1. The van der Waals surface area contributed by atoms with Gasteiger partial charge in [0.15, 0.2) is 28.9 Å². The minimum atomic E-state index is -2.23. The van der Waals surface area contributed by atoms with E-state index in [1.54, 1.807) is 4.58 Å². The third-order valence-electron chi connectivity index (χ3n) is 9.37. The molecule has 0 bridgehead atoms. The van der Waals surface area contributed by atoms with Crippen molar-refractivity contribution in [3.63, 3.8) is 0 Å². The second-order valence-corrected chi connectivity index (χ2v) is 26.9. The van der Waals surface area contributed by atoms with Gasteiger partial charge >= 0.3 is 12.2 Å². The Labute approximate surface area is 259 Å². The van der Waals surface area contributed by atoms with Crippen LogP contribution >= 0.6 is 0 Å². The second-order valence-electron chi connectivity index (χ2n) is 17.3. The van der Waals surface area contributed by atoms with Crippen LogP contribution in [-0.2, 0) is 18.3 Å². The Morgan fingerprint density at radius 1 is 0.810 bits per heavy atom. The van der Waals surface area contributed by atoms with Gasteiger partial charge in [0.25, 0.3) is 0 Å². The normalized spacial score (nSPS) is 23.6. The van der Waals surface area contributed by atoms with E-state index in [-0.39, 0.29) is 46.5 Å². The van der Waals surface area contributed by atoms with Crippen LogP contribution in [0.1, 0.15) is 109 Å². The molecule has 0 aromatic rings. The van der Waals surface area contributed by atoms with Crippen LogP contribution in [0.15, 0.2) is 0 Å². The number of nitrogens with zero attached hydrogens (tertiary/aromatic N) is 2. The maximum atomic E-state index is 14.1. The highest BCUT2D eigenvalue weighted by Gasteiger charge is 2.54. The van der Waals surface area contributed by atoms with Gasteiger partial charge in [0.05, 0.1) is 24.8 Å². The molecule has 0 saturated carbocycles. The Kier molecular flexibility index (Phi) is 11.1. The molecule has 0 spiro atoms. The molecule has 1 fully saturated rings. The van der Waals surface area contributed by atoms with Crippen molar-refractivity contribution < 1.29 is 32.5 Å². The largest absolute Gasteiger partial charge is 0.596 e. The first kappa shape index (κ1) is 37.0. The van der Waals surface area contributed by atoms with E-state index in [4.69, 9.17) is 18.3 Å². The smallest absolute Gasteiger partial charge is 0.444 e. The molecule has 0 aliphatic carbocycles. The van der Waals surface area contributed by atoms with Crippen LogP contribution in [-0.4, -0.2) is 86.5 Å². The molecule has 0 N–H and O–H groups in total. The average Bonchev–Trinajstić information content (AvgIpc) is 3.39. The fourth-order valence-electron chi connectivity index (χ4n) is 5.04. The van der Waals surface area contributed by atoms with Gasteiger partial charge in [0, 0.05) is 12.8 Å². The van der Waals surface area contributed by atoms with E-state index in [0.717, 1.165) is 25.7 Å². The van der Waals surface area contributed by atoms with Crippen molar-refractivity contribution in [3.8, 4) is 0 Å². The molecular weight excluding hydrogens is 565 g/mol. The van der Waals surface area contributed by atoms with E-state index in [9.17, 15) is 9.59 Å². The van der Waals surface area contributed by atoms with Crippen molar-refractivity contribution in [2.75, 3.05) is 6.61 Å². The molecule has 2 heterocycles. The molecule has 4 atom stereocenters. The van der Waals surface area contributed by atoms with Gasteiger partial charge < -0.3 is 18.3 Å². The first-order valence-electron chi connectivity index (χ1n) is 15.8. The third-order valence-corrected chi connectivity index (χ3v) is 18.4. The molecule has 0 aromatic heterocycles. The van der Waals surface area contributed by atoms with Crippen molar-refractivity contribution in [2.24, 2.45) is 0 Å². The van der Waals surface area contributed by atoms with Crippen molar-refractivity contribution in [1.82, 2.24) is 4.90 Å². The van der Waals surface area contributed by atoms with Crippen molar-refractivity contribution in [3.05, 3.63) is 0 Å². The summed E-state index contributed by atoms with van der Waals surface area (Å²) in [6.45, 7) is 34.2. The van der Waals surface area contributed by atoms with Crippen molar-refractivity contribution in [1.29, 1.82) is 0 Å². The Morgan fingerprint density at radius 2 is 1.33 bits per heavy atom. The summed E-state index contributed by atoms with van der Waals surface area (Å²) in [6, 6.07) is -0.633. The number of hydrogen-bond donors (Lipinski definition) is 0. The number of carbonyl (C=O) groups excluding carboxylic acids is 2. The summed E-state index contributed by atoms with van der Waals surface area (Å²) in [5.74, 6) is 0. The highest BCUT2D eigenvalue weighted by Crippen LogP contribution is 2.42. The zero-order chi connectivity index (χ0) is 32.7. The summed E-state index contributed by atoms with van der Waals surface area (Å²) in [6.07, 6.45) is 3.91. The number of hydrogen-bond acceptors (Lipinski definition) is 6. The fraction of sp³-hybridized carbons (Fsp3) is 0.906. The van der Waals surface area contributed by atoms with E-state index in [1.165, 1.54) is 0 Å². The standard InChI is InChI=1S/C32H63N2O6Si2/c1-29(2,3)38-27(35)33-21-17-18-23(33)24-19-20-25(34(24)28(36)39-30(4,5)6)26(40-42(15,16)32(10,11)12)22-37-41(13,14)31(7,8)9/h21,23-26H,17-20,22H2,1-16H3/q+1/t23-,24+,25-,26-/m1/s1. The first-order valence-corrected chi connectivity index (χ1v) is 21.7. The second kappa shape index (κ2) is 12.6. The zero-order valence-corrected chi connectivity index (χ0v) is 31.8. The lowest BCUT2D eigenvalue weighted by Gasteiger charge is -2.45. The minimum Gasteiger partial charge on any atom is -0.444 e. The molecule has 1 saturated heterocycles. The summed E-state index contributed by atoms with van der Waals surface area (Å²) >= 11 is 0. The quantitative estimate of drug-likeness (QED) is 0.209. The zero-order valence-electron chi connectivity index (χ0n) is 29.8. The SMILES string of the molecule is CC(C)(C)OC(=O)N1[C@@H]([C@@H](CO[Si](C)(C)C(C)(C)C)O[Si](C)(C)C(C)(C)C)CC[C@H]1[C@H]1CCC=[N+]1C(=O)OC(C)(C)C. The van der Waals surface area contributed by atoms with E-state index in [1.807, 2.05) is 52.7 Å². The number of carbonyl (C=O) groups is 2. The average molecular weight is 628 g/mol. The Morgan fingerprint density at radius 3 is 1.81 bits per heavy atom. The topological polar surface area (TPSA) is 77.3 Å². The van der Waals surface area contributed by atoms with Crippen LogP contribution in [0, 0.1) is 0 Å². The molecular formula is C32H63N2O6Si2+. The van der Waals surface area contributed by atoms with E-state index >= 15 is 0 Å². The summed E-state index contributed by atoms with van der Waals surface area (Å²) in [7, 11) is -4.33. The lowest BCUT2D eigenvalue weighted by Crippen LogP contribution is -2.58. The van der Waals surface area contributed by atoms with E-state index in [0.29, 0.717) is 6.61 Å². The molecule has 8 nitrogen and oxygen atoms in total. The number of rotatable bonds is 7. The molecule has 10 heteroatoms. The highest BCUT2D eigenvalue weighted by molar-refractivity contribution is 6.74. The van der Waals surface area contributed by atoms with Crippen molar-refractivity contribution in [2.45, 2.75) is 180 Å². The summed E-state index contributed by atoms with van der Waals surface area (Å²) in [5.41, 5.74) is -1.26. The predicted molar refractivity (Wildman–Crippen MR) is 176 cm³/mol. The molecule has 244 valence electrons. The van der Waals surface area contributed by atoms with Crippen LogP contribution in [0.5, 0.6) is 0 Å². The van der Waals surface area contributed by atoms with E-state index < -0.39 is 27.8 Å². The maximum Gasteiger partial charge on any atom is 0.596 e. The van der Waals surface area contributed by atoms with Gasteiger partial charge in [-0.25, -0.2) is 4.79 Å². The first-order chi connectivity index (χ1) is 18.7. The van der Waals surface area contributed by atoms with E-state index in [2.05, 4.69) is 67.7 Å². The summed E-state index contributed by atoms with van der Waals surface area (Å²) in [5, 5.41) is 0.0378.